The summed E-state index contributed by atoms with van der Waals surface area (Å²) in [6.45, 7) is 3.96. The quantitative estimate of drug-likeness (QED) is 0.614. The Morgan fingerprint density at radius 3 is 2.41 bits per heavy atom. The Balaban J connectivity index is 1.45. The van der Waals surface area contributed by atoms with Crippen molar-refractivity contribution in [2.75, 3.05) is 26.2 Å². The molecule has 0 radical (unpaired) electrons. The fourth-order valence-electron chi connectivity index (χ4n) is 3.84. The van der Waals surface area contributed by atoms with E-state index in [2.05, 4.69) is 27.0 Å². The number of carbonyl (C=O) groups excluding carboxylic acids is 2. The topological polar surface area (TPSA) is 118 Å². The van der Waals surface area contributed by atoms with E-state index in [9.17, 15) is 9.59 Å². The average molecular weight is 431 g/mol. The highest BCUT2D eigenvalue weighted by molar-refractivity contribution is 5.96. The molecule has 1 fully saturated rings. The van der Waals surface area contributed by atoms with Gasteiger partial charge in [-0.2, -0.15) is 0 Å². The Morgan fingerprint density at radius 1 is 0.969 bits per heavy atom. The molecule has 2 aromatic carbocycles. The number of nitrogens with two attached hydrogens (primary N) is 2. The van der Waals surface area contributed by atoms with E-state index >= 15 is 0 Å². The molecule has 0 bridgehead atoms. The Labute approximate surface area is 186 Å². The molecule has 2 amide bonds. The van der Waals surface area contributed by atoms with Gasteiger partial charge in [-0.1, -0.05) is 42.5 Å². The molecular weight excluding hydrogens is 404 g/mol. The molecular formula is C24H26N6O2. The van der Waals surface area contributed by atoms with Gasteiger partial charge in [0, 0.05) is 50.4 Å². The van der Waals surface area contributed by atoms with Crippen LogP contribution in [0.25, 0.3) is 11.3 Å². The summed E-state index contributed by atoms with van der Waals surface area (Å²) in [4.78, 5) is 37.6. The molecule has 8 nitrogen and oxygen atoms in total. The van der Waals surface area contributed by atoms with Crippen molar-refractivity contribution in [3.8, 4) is 11.3 Å². The predicted octanol–water partition coefficient (Wildman–Crippen LogP) is 1.66. The van der Waals surface area contributed by atoms with Crippen LogP contribution < -0.4 is 11.5 Å². The van der Waals surface area contributed by atoms with Gasteiger partial charge >= 0.3 is 0 Å². The van der Waals surface area contributed by atoms with Crippen LogP contribution in [0.1, 0.15) is 32.1 Å². The average Bonchev–Trinajstić information content (AvgIpc) is 2.84. The summed E-state index contributed by atoms with van der Waals surface area (Å²) in [5.41, 5.74) is 14.4. The number of rotatable bonds is 6. The largest absolute Gasteiger partial charge is 0.364 e. The van der Waals surface area contributed by atoms with Gasteiger partial charge in [0.1, 0.15) is 0 Å². The van der Waals surface area contributed by atoms with E-state index in [-0.39, 0.29) is 18.1 Å². The molecule has 0 atom stereocenters. The summed E-state index contributed by atoms with van der Waals surface area (Å²) < 4.78 is 0. The third kappa shape index (κ3) is 4.82. The van der Waals surface area contributed by atoms with E-state index in [4.69, 9.17) is 11.5 Å². The summed E-state index contributed by atoms with van der Waals surface area (Å²) in [5, 5.41) is 0. The normalized spacial score (nSPS) is 14.3. The third-order valence-corrected chi connectivity index (χ3v) is 5.59. The fraction of sp³-hybridized carbons (Fsp3) is 0.250. The second-order valence-electron chi connectivity index (χ2n) is 7.75. The van der Waals surface area contributed by atoms with Crippen molar-refractivity contribution >= 4 is 11.8 Å². The van der Waals surface area contributed by atoms with Gasteiger partial charge in [-0.05, 0) is 17.7 Å². The second kappa shape index (κ2) is 9.67. The van der Waals surface area contributed by atoms with E-state index in [0.29, 0.717) is 35.6 Å². The number of hydrogen-bond donors (Lipinski definition) is 2. The number of carbonyl (C=O) groups is 2. The molecule has 3 aromatic rings. The lowest BCUT2D eigenvalue weighted by Crippen LogP contribution is -2.48. The molecule has 1 saturated heterocycles. The minimum absolute atomic E-state index is 0.0205. The first kappa shape index (κ1) is 21.6. The van der Waals surface area contributed by atoms with Gasteiger partial charge in [-0.15, -0.1) is 0 Å². The molecule has 1 aliphatic heterocycles. The SMILES string of the molecule is NCc1ncc(-c2cccc(C(=O)N3CCN(Cc4ccccc4)CC3)c2)nc1C(N)=O. The van der Waals surface area contributed by atoms with E-state index in [0.717, 1.165) is 19.6 Å². The number of aromatic nitrogens is 2. The van der Waals surface area contributed by atoms with E-state index < -0.39 is 5.91 Å². The highest BCUT2D eigenvalue weighted by Gasteiger charge is 2.22. The van der Waals surface area contributed by atoms with Gasteiger partial charge in [-0.25, -0.2) is 4.98 Å². The standard InChI is InChI=1S/C24H26N6O2/c25-14-20-22(23(26)31)28-21(15-27-20)18-7-4-8-19(13-18)24(32)30-11-9-29(10-12-30)16-17-5-2-1-3-6-17/h1-8,13,15H,9-12,14,16,25H2,(H2,26,31). The number of hydrogen-bond acceptors (Lipinski definition) is 6. The van der Waals surface area contributed by atoms with Crippen LogP contribution >= 0.6 is 0 Å². The molecule has 32 heavy (non-hydrogen) atoms. The van der Waals surface area contributed by atoms with Gasteiger partial charge in [0.2, 0.25) is 0 Å². The molecule has 0 aliphatic carbocycles. The monoisotopic (exact) mass is 430 g/mol. The Hall–Kier alpha value is -3.62. The zero-order valence-corrected chi connectivity index (χ0v) is 17.8. The lowest BCUT2D eigenvalue weighted by Gasteiger charge is -2.34. The number of piperazine rings is 1. The minimum Gasteiger partial charge on any atom is -0.364 e. The number of primary amides is 1. The van der Waals surface area contributed by atoms with Crippen molar-refractivity contribution in [1.82, 2.24) is 19.8 Å². The minimum atomic E-state index is -0.680. The molecule has 4 N–H and O–H groups in total. The molecule has 1 aliphatic rings. The number of benzene rings is 2. The molecule has 4 rings (SSSR count). The maximum Gasteiger partial charge on any atom is 0.269 e. The summed E-state index contributed by atoms with van der Waals surface area (Å²) in [6, 6.07) is 17.5. The van der Waals surface area contributed by atoms with E-state index in [1.54, 1.807) is 24.4 Å². The first-order chi connectivity index (χ1) is 15.5. The fourth-order valence-corrected chi connectivity index (χ4v) is 3.84. The van der Waals surface area contributed by atoms with Crippen molar-refractivity contribution in [2.45, 2.75) is 13.1 Å². The van der Waals surface area contributed by atoms with Crippen LogP contribution in [0.4, 0.5) is 0 Å². The van der Waals surface area contributed by atoms with E-state index in [1.165, 1.54) is 5.56 Å². The molecule has 0 spiro atoms. The molecule has 1 aromatic heterocycles. The third-order valence-electron chi connectivity index (χ3n) is 5.59. The van der Waals surface area contributed by atoms with Gasteiger partial charge in [0.15, 0.2) is 5.69 Å². The van der Waals surface area contributed by atoms with Crippen molar-refractivity contribution in [2.24, 2.45) is 11.5 Å². The van der Waals surface area contributed by atoms with Gasteiger partial charge in [-0.3, -0.25) is 19.5 Å². The summed E-state index contributed by atoms with van der Waals surface area (Å²) in [5.74, 6) is -0.701. The first-order valence-corrected chi connectivity index (χ1v) is 10.6. The molecule has 0 unspecified atom stereocenters. The van der Waals surface area contributed by atoms with Crippen molar-refractivity contribution in [1.29, 1.82) is 0 Å². The Morgan fingerprint density at radius 2 is 1.72 bits per heavy atom. The lowest BCUT2D eigenvalue weighted by atomic mass is 10.1. The van der Waals surface area contributed by atoms with Crippen molar-refractivity contribution < 1.29 is 9.59 Å². The van der Waals surface area contributed by atoms with Crippen LogP contribution in [0, 0.1) is 0 Å². The second-order valence-corrected chi connectivity index (χ2v) is 7.75. The van der Waals surface area contributed by atoms with Gasteiger partial charge < -0.3 is 16.4 Å². The summed E-state index contributed by atoms with van der Waals surface area (Å²) >= 11 is 0. The van der Waals surface area contributed by atoms with Crippen LogP contribution in [-0.2, 0) is 13.1 Å². The van der Waals surface area contributed by atoms with Crippen LogP contribution in [-0.4, -0.2) is 57.8 Å². The number of amides is 2. The van der Waals surface area contributed by atoms with Crippen molar-refractivity contribution in [3.05, 3.63) is 83.3 Å². The Bertz CT molecular complexity index is 1110. The van der Waals surface area contributed by atoms with E-state index in [1.807, 2.05) is 29.2 Å². The lowest BCUT2D eigenvalue weighted by molar-refractivity contribution is 0.0628. The zero-order valence-electron chi connectivity index (χ0n) is 17.8. The highest BCUT2D eigenvalue weighted by atomic mass is 16.2. The molecule has 8 heteroatoms. The van der Waals surface area contributed by atoms with Crippen LogP contribution in [0.5, 0.6) is 0 Å². The van der Waals surface area contributed by atoms with Crippen LogP contribution in [0.15, 0.2) is 60.8 Å². The first-order valence-electron chi connectivity index (χ1n) is 10.6. The summed E-state index contributed by atoms with van der Waals surface area (Å²) in [7, 11) is 0. The highest BCUT2D eigenvalue weighted by Crippen LogP contribution is 2.21. The van der Waals surface area contributed by atoms with Gasteiger partial charge in [0.25, 0.3) is 11.8 Å². The van der Waals surface area contributed by atoms with Crippen LogP contribution in [0.2, 0.25) is 0 Å². The Kier molecular flexibility index (Phi) is 6.53. The molecule has 164 valence electrons. The molecule has 0 saturated carbocycles. The molecule has 2 heterocycles. The predicted molar refractivity (Wildman–Crippen MR) is 121 cm³/mol. The van der Waals surface area contributed by atoms with Crippen molar-refractivity contribution in [3.63, 3.8) is 0 Å². The maximum absolute atomic E-state index is 13.1. The van der Waals surface area contributed by atoms with Gasteiger partial charge in [0.05, 0.1) is 17.6 Å². The summed E-state index contributed by atoms with van der Waals surface area (Å²) in [6.07, 6.45) is 1.54. The maximum atomic E-state index is 13.1. The zero-order chi connectivity index (χ0) is 22.5. The van der Waals surface area contributed by atoms with Crippen LogP contribution in [0.3, 0.4) is 0 Å². The number of nitrogens with zero attached hydrogens (tertiary/aromatic N) is 4. The smallest absolute Gasteiger partial charge is 0.269 e.